The fraction of sp³-hybridized carbons (Fsp3) is 0.212. The molecule has 0 saturated carbocycles. The molecule has 0 radical (unpaired) electrons. The van der Waals surface area contributed by atoms with E-state index in [1.807, 2.05) is 73.7 Å². The van der Waals surface area contributed by atoms with E-state index in [1.165, 1.54) is 16.8 Å². The highest BCUT2D eigenvalue weighted by atomic mass is 16.5. The maximum Gasteiger partial charge on any atom is 0.251 e. The number of anilines is 1. The van der Waals surface area contributed by atoms with Crippen molar-refractivity contribution in [3.63, 3.8) is 0 Å². The Labute approximate surface area is 229 Å². The highest BCUT2D eigenvalue weighted by Gasteiger charge is 2.20. The average Bonchev–Trinajstić information content (AvgIpc) is 2.97. The first-order chi connectivity index (χ1) is 18.9. The van der Waals surface area contributed by atoms with Crippen molar-refractivity contribution in [2.45, 2.75) is 32.4 Å². The van der Waals surface area contributed by atoms with Gasteiger partial charge < -0.3 is 20.7 Å². The van der Waals surface area contributed by atoms with Gasteiger partial charge in [-0.15, -0.1) is 0 Å². The zero-order valence-corrected chi connectivity index (χ0v) is 22.3. The summed E-state index contributed by atoms with van der Waals surface area (Å²) >= 11 is 0. The third kappa shape index (κ3) is 5.80. The molecule has 1 unspecified atom stereocenters. The number of aryl methyl sites for hydroxylation is 1. The summed E-state index contributed by atoms with van der Waals surface area (Å²) < 4.78 is 5.31. The quantitative estimate of drug-likeness (QED) is 0.303. The van der Waals surface area contributed by atoms with Crippen LogP contribution in [0.4, 0.5) is 5.69 Å². The van der Waals surface area contributed by atoms with Crippen molar-refractivity contribution in [3.05, 3.63) is 119 Å². The summed E-state index contributed by atoms with van der Waals surface area (Å²) in [5.74, 6) is 0.257. The molecule has 1 aliphatic rings. The Hall–Kier alpha value is -4.58. The van der Waals surface area contributed by atoms with Gasteiger partial charge in [-0.3, -0.25) is 9.59 Å². The van der Waals surface area contributed by atoms with Crippen LogP contribution in [-0.4, -0.2) is 25.5 Å². The zero-order chi connectivity index (χ0) is 27.4. The molecule has 3 N–H and O–H groups in total. The number of carbonyl (C=O) groups excluding carboxylic acids is 2. The maximum atomic E-state index is 13.1. The number of fused-ring (bicyclic) bond motifs is 1. The summed E-state index contributed by atoms with van der Waals surface area (Å²) in [6.07, 6.45) is 1.98. The summed E-state index contributed by atoms with van der Waals surface area (Å²) in [4.78, 5) is 27.3. The minimum atomic E-state index is -0.428. The predicted molar refractivity (Wildman–Crippen MR) is 155 cm³/mol. The molecule has 0 aromatic heterocycles. The Morgan fingerprint density at radius 1 is 0.974 bits per heavy atom. The van der Waals surface area contributed by atoms with Gasteiger partial charge in [-0.2, -0.15) is 0 Å². The number of nitrogens with zero attached hydrogens (tertiary/aromatic N) is 1. The molecule has 6 heteroatoms. The summed E-state index contributed by atoms with van der Waals surface area (Å²) in [7, 11) is 1.64. The average molecular weight is 520 g/mol. The van der Waals surface area contributed by atoms with Crippen LogP contribution in [0, 0.1) is 0 Å². The summed E-state index contributed by atoms with van der Waals surface area (Å²) in [5, 5.41) is 3.11. The Morgan fingerprint density at radius 2 is 1.77 bits per heavy atom. The van der Waals surface area contributed by atoms with Gasteiger partial charge in [0.25, 0.3) is 5.91 Å². The van der Waals surface area contributed by atoms with Gasteiger partial charge in [0.1, 0.15) is 5.75 Å². The Kier molecular flexibility index (Phi) is 7.64. The number of carbonyl (C=O) groups is 2. The number of nitrogens with two attached hydrogens (primary N) is 1. The smallest absolute Gasteiger partial charge is 0.251 e. The number of primary amides is 1. The van der Waals surface area contributed by atoms with Crippen LogP contribution in [0.2, 0.25) is 0 Å². The fourth-order valence-corrected chi connectivity index (χ4v) is 5.21. The summed E-state index contributed by atoms with van der Waals surface area (Å²) in [6.45, 7) is 3.70. The molecule has 5 rings (SSSR count). The van der Waals surface area contributed by atoms with Gasteiger partial charge in [0, 0.05) is 29.9 Å². The SMILES string of the molecule is COc1cccc(C(C)NC(=O)c2ccc3c(c2)CCCN3Cc2ccc(-c3ccccc3C(N)=O)cc2)c1. The van der Waals surface area contributed by atoms with Crippen LogP contribution < -0.4 is 20.7 Å². The molecule has 0 fully saturated rings. The number of hydrogen-bond donors (Lipinski definition) is 2. The van der Waals surface area contributed by atoms with E-state index in [9.17, 15) is 9.59 Å². The van der Waals surface area contributed by atoms with Gasteiger partial charge in [-0.05, 0) is 84.0 Å². The molecular weight excluding hydrogens is 486 g/mol. The second kappa shape index (κ2) is 11.4. The van der Waals surface area contributed by atoms with Crippen molar-refractivity contribution in [2.24, 2.45) is 5.73 Å². The van der Waals surface area contributed by atoms with Crippen molar-refractivity contribution in [1.29, 1.82) is 0 Å². The Balaban J connectivity index is 1.28. The molecule has 4 aromatic rings. The first kappa shape index (κ1) is 26.0. The standard InChI is InChI=1S/C33H33N3O3/c1-22(25-7-5-9-28(20-25)39-2)35-33(38)27-16-17-31-26(19-27)8-6-18-36(31)21-23-12-14-24(15-13-23)29-10-3-4-11-30(29)32(34)37/h3-5,7,9-17,19-20,22H,6,8,18,21H2,1-2H3,(H2,34,37)(H,35,38). The zero-order valence-electron chi connectivity index (χ0n) is 22.3. The van der Waals surface area contributed by atoms with E-state index in [4.69, 9.17) is 10.5 Å². The van der Waals surface area contributed by atoms with Crippen LogP contribution in [-0.2, 0) is 13.0 Å². The van der Waals surface area contributed by atoms with Crippen molar-refractivity contribution < 1.29 is 14.3 Å². The van der Waals surface area contributed by atoms with E-state index in [2.05, 4.69) is 28.4 Å². The number of hydrogen-bond acceptors (Lipinski definition) is 4. The molecule has 0 saturated heterocycles. The van der Waals surface area contributed by atoms with Gasteiger partial charge in [-0.1, -0.05) is 54.6 Å². The molecule has 198 valence electrons. The Morgan fingerprint density at radius 3 is 2.54 bits per heavy atom. The van der Waals surface area contributed by atoms with Gasteiger partial charge in [-0.25, -0.2) is 0 Å². The summed E-state index contributed by atoms with van der Waals surface area (Å²) in [6, 6.07) is 29.3. The fourth-order valence-electron chi connectivity index (χ4n) is 5.21. The van der Waals surface area contributed by atoms with Crippen LogP contribution in [0.15, 0.2) is 91.0 Å². The molecule has 4 aromatic carbocycles. The number of ether oxygens (including phenoxy) is 1. The number of nitrogens with one attached hydrogen (secondary N) is 1. The van der Waals surface area contributed by atoms with E-state index in [0.29, 0.717) is 11.1 Å². The van der Waals surface area contributed by atoms with Crippen molar-refractivity contribution in [1.82, 2.24) is 5.32 Å². The highest BCUT2D eigenvalue weighted by molar-refractivity contribution is 5.99. The van der Waals surface area contributed by atoms with E-state index in [1.54, 1.807) is 13.2 Å². The van der Waals surface area contributed by atoms with Crippen molar-refractivity contribution >= 4 is 17.5 Å². The monoisotopic (exact) mass is 519 g/mol. The summed E-state index contributed by atoms with van der Waals surface area (Å²) in [5.41, 5.74) is 13.1. The van der Waals surface area contributed by atoms with Gasteiger partial charge >= 0.3 is 0 Å². The third-order valence-electron chi connectivity index (χ3n) is 7.33. The number of methoxy groups -OCH3 is 1. The van der Waals surface area contributed by atoms with Gasteiger partial charge in [0.2, 0.25) is 5.91 Å². The normalized spacial score (nSPS) is 13.3. The number of amides is 2. The lowest BCUT2D eigenvalue weighted by Crippen LogP contribution is -2.30. The molecule has 0 spiro atoms. The largest absolute Gasteiger partial charge is 0.497 e. The molecule has 0 bridgehead atoms. The van der Waals surface area contributed by atoms with Gasteiger partial charge in [0.05, 0.1) is 13.2 Å². The maximum absolute atomic E-state index is 13.1. The molecule has 2 amide bonds. The minimum absolute atomic E-state index is 0.0860. The lowest BCUT2D eigenvalue weighted by atomic mass is 9.96. The molecule has 1 atom stereocenters. The predicted octanol–water partition coefficient (Wildman–Crippen LogP) is 5.90. The first-order valence-electron chi connectivity index (χ1n) is 13.2. The van der Waals surface area contributed by atoms with E-state index in [-0.39, 0.29) is 11.9 Å². The third-order valence-corrected chi connectivity index (χ3v) is 7.33. The second-order valence-electron chi connectivity index (χ2n) is 9.95. The second-order valence-corrected chi connectivity index (χ2v) is 9.95. The molecule has 0 aliphatic carbocycles. The van der Waals surface area contributed by atoms with Gasteiger partial charge in [0.15, 0.2) is 0 Å². The molecule has 6 nitrogen and oxygen atoms in total. The molecule has 1 aliphatic heterocycles. The van der Waals surface area contributed by atoms with Crippen molar-refractivity contribution in [3.8, 4) is 16.9 Å². The van der Waals surface area contributed by atoms with E-state index < -0.39 is 5.91 Å². The molecule has 39 heavy (non-hydrogen) atoms. The molecular formula is C33H33N3O3. The Bertz CT molecular complexity index is 1500. The first-order valence-corrected chi connectivity index (χ1v) is 13.2. The van der Waals surface area contributed by atoms with E-state index >= 15 is 0 Å². The van der Waals surface area contributed by atoms with E-state index in [0.717, 1.165) is 48.4 Å². The minimum Gasteiger partial charge on any atom is -0.497 e. The molecule has 1 heterocycles. The topological polar surface area (TPSA) is 84.7 Å². The van der Waals surface area contributed by atoms with Crippen molar-refractivity contribution in [2.75, 3.05) is 18.6 Å². The van der Waals surface area contributed by atoms with Crippen LogP contribution in [0.5, 0.6) is 5.75 Å². The number of benzene rings is 4. The lowest BCUT2D eigenvalue weighted by molar-refractivity contribution is 0.0938. The number of rotatable bonds is 8. The lowest BCUT2D eigenvalue weighted by Gasteiger charge is -2.32. The van der Waals surface area contributed by atoms with Crippen LogP contribution >= 0.6 is 0 Å². The highest BCUT2D eigenvalue weighted by Crippen LogP contribution is 2.31. The van der Waals surface area contributed by atoms with Crippen LogP contribution in [0.1, 0.15) is 56.8 Å². The van der Waals surface area contributed by atoms with Crippen LogP contribution in [0.3, 0.4) is 0 Å². The van der Waals surface area contributed by atoms with Crippen LogP contribution in [0.25, 0.3) is 11.1 Å².